The van der Waals surface area contributed by atoms with Crippen LogP contribution in [0.5, 0.6) is 0 Å². The summed E-state index contributed by atoms with van der Waals surface area (Å²) < 4.78 is 0. The molecular weight excluding hydrogens is 629 g/mol. The Morgan fingerprint density at radius 3 is 1.25 bits per heavy atom. The van der Waals surface area contributed by atoms with Crippen LogP contribution < -0.4 is 5.73 Å². The maximum absolute atomic E-state index is 8.28. The molecule has 0 atom stereocenters. The Labute approximate surface area is 304 Å². The molecule has 0 aromatic heterocycles. The van der Waals surface area contributed by atoms with Gasteiger partial charge in [0.1, 0.15) is 5.84 Å². The van der Waals surface area contributed by atoms with Crippen LogP contribution in [0.15, 0.2) is 189 Å². The van der Waals surface area contributed by atoms with E-state index in [0.717, 1.165) is 33.0 Å². The summed E-state index contributed by atoms with van der Waals surface area (Å²) in [6, 6.07) is 63.0. The molecule has 0 saturated heterocycles. The van der Waals surface area contributed by atoms with Gasteiger partial charge in [0.25, 0.3) is 0 Å². The predicted octanol–water partition coefficient (Wildman–Crippen LogP) is 13.4. The fraction of sp³-hybridized carbons (Fsp3) is 0.0200. The van der Waals surface area contributed by atoms with Crippen LogP contribution in [0.1, 0.15) is 12.5 Å². The number of benzene rings is 9. The highest BCUT2D eigenvalue weighted by Gasteiger charge is 2.18. The molecule has 0 aliphatic rings. The first kappa shape index (κ1) is 32.4. The third kappa shape index (κ3) is 6.01. The molecule has 0 fully saturated rings. The van der Waals surface area contributed by atoms with Gasteiger partial charge in [-0.05, 0) is 113 Å². The number of allylic oxidation sites excluding steroid dienone is 1. The van der Waals surface area contributed by atoms with Gasteiger partial charge in [-0.2, -0.15) is 0 Å². The smallest absolute Gasteiger partial charge is 0.122 e. The van der Waals surface area contributed by atoms with Gasteiger partial charge in [0.2, 0.25) is 0 Å². The Balaban J connectivity index is 0.00000125. The fourth-order valence-electron chi connectivity index (χ4n) is 7.36. The van der Waals surface area contributed by atoms with Crippen molar-refractivity contribution in [2.45, 2.75) is 6.92 Å². The third-order valence-corrected chi connectivity index (χ3v) is 9.85. The second-order valence-corrected chi connectivity index (χ2v) is 13.2. The van der Waals surface area contributed by atoms with Gasteiger partial charge >= 0.3 is 0 Å². The molecule has 0 aliphatic carbocycles. The Morgan fingerprint density at radius 1 is 0.423 bits per heavy atom. The molecule has 52 heavy (non-hydrogen) atoms. The highest BCUT2D eigenvalue weighted by Crippen LogP contribution is 2.44. The minimum absolute atomic E-state index is 0.0638. The van der Waals surface area contributed by atoms with Crippen LogP contribution in [-0.2, 0) is 0 Å². The van der Waals surface area contributed by atoms with E-state index in [1.165, 1.54) is 60.1 Å². The molecule has 0 radical (unpaired) electrons. The molecule has 9 aromatic rings. The topological polar surface area (TPSA) is 49.9 Å². The average Bonchev–Trinajstić information content (AvgIpc) is 3.20. The lowest BCUT2D eigenvalue weighted by Gasteiger charge is -2.19. The molecule has 0 amide bonds. The van der Waals surface area contributed by atoms with Gasteiger partial charge in [0.05, 0.1) is 0 Å². The van der Waals surface area contributed by atoms with Crippen LogP contribution in [0.4, 0.5) is 0 Å². The number of nitrogens with two attached hydrogens (primary N) is 1. The van der Waals surface area contributed by atoms with Gasteiger partial charge in [-0.1, -0.05) is 164 Å². The highest BCUT2D eigenvalue weighted by atomic mass is 14.7. The van der Waals surface area contributed by atoms with E-state index in [2.05, 4.69) is 176 Å². The van der Waals surface area contributed by atoms with Gasteiger partial charge in [0, 0.05) is 5.56 Å². The number of nitrogen functional groups attached to an aromatic ring is 1. The Hall–Kier alpha value is -6.77. The maximum atomic E-state index is 8.28. The lowest BCUT2D eigenvalue weighted by molar-refractivity contribution is 1.43. The van der Waals surface area contributed by atoms with Gasteiger partial charge < -0.3 is 5.73 Å². The zero-order chi connectivity index (χ0) is 35.6. The number of amidine groups is 1. The van der Waals surface area contributed by atoms with Crippen molar-refractivity contribution in [3.05, 3.63) is 194 Å². The molecule has 0 spiro atoms. The van der Waals surface area contributed by atoms with Gasteiger partial charge in [-0.25, -0.2) is 0 Å². The number of hydrogen-bond donors (Lipinski definition) is 2. The first-order valence-corrected chi connectivity index (χ1v) is 17.6. The molecule has 2 nitrogen and oxygen atoms in total. The second kappa shape index (κ2) is 13.9. The molecule has 0 bridgehead atoms. The molecule has 0 unspecified atom stereocenters. The van der Waals surface area contributed by atoms with E-state index in [0.29, 0.717) is 0 Å². The third-order valence-electron chi connectivity index (χ3n) is 9.85. The van der Waals surface area contributed by atoms with Crippen molar-refractivity contribution in [3.63, 3.8) is 0 Å². The van der Waals surface area contributed by atoms with Crippen LogP contribution in [0.3, 0.4) is 0 Å². The molecule has 2 heteroatoms. The minimum atomic E-state index is 0.0638. The van der Waals surface area contributed by atoms with E-state index in [9.17, 15) is 0 Å². The molecule has 0 heterocycles. The van der Waals surface area contributed by atoms with Gasteiger partial charge in [-0.15, -0.1) is 6.58 Å². The number of nitrogens with one attached hydrogen (secondary N) is 1. The predicted molar refractivity (Wildman–Crippen MR) is 225 cm³/mol. The van der Waals surface area contributed by atoms with Crippen LogP contribution in [-0.4, -0.2) is 5.84 Å². The van der Waals surface area contributed by atoms with E-state index in [1.54, 1.807) is 6.08 Å². The largest absolute Gasteiger partial charge is 0.384 e. The van der Waals surface area contributed by atoms with Crippen molar-refractivity contribution in [2.75, 3.05) is 0 Å². The summed E-state index contributed by atoms with van der Waals surface area (Å²) in [5.41, 5.74) is 16.2. The second-order valence-electron chi connectivity index (χ2n) is 13.2. The highest BCUT2D eigenvalue weighted by molar-refractivity contribution is 6.22. The van der Waals surface area contributed by atoms with E-state index in [1.807, 2.05) is 13.0 Å². The standard InChI is InChI=1S/C47H32N2.C3H6/c48-47(49)40-25-26-43-44(29-40)46(35-21-15-33(16-22-35)39-24-18-31-8-2-4-10-37(31)28-39)42-12-6-5-11-41(42)45(43)34-19-13-32(14-20-34)38-23-17-30-7-1-3-9-36(30)27-38;1-3-2/h1-29H,(H3,48,49);3H,1H2,2H3. The van der Waals surface area contributed by atoms with Crippen molar-refractivity contribution in [1.29, 1.82) is 5.41 Å². The van der Waals surface area contributed by atoms with E-state index in [4.69, 9.17) is 11.1 Å². The SMILES string of the molecule is C=CC.N=C(N)c1ccc2c(-c3ccc(-c4ccc5ccccc5c4)cc3)c3ccccc3c(-c3ccc(-c4ccc5ccccc5c4)cc3)c2c1. The summed E-state index contributed by atoms with van der Waals surface area (Å²) in [5, 5.41) is 17.8. The summed E-state index contributed by atoms with van der Waals surface area (Å²) in [6.07, 6.45) is 1.75. The maximum Gasteiger partial charge on any atom is 0.122 e. The van der Waals surface area contributed by atoms with Gasteiger partial charge in [0.15, 0.2) is 0 Å². The summed E-state index contributed by atoms with van der Waals surface area (Å²) in [7, 11) is 0. The average molecular weight is 667 g/mol. The van der Waals surface area contributed by atoms with Crippen LogP contribution in [0.25, 0.3) is 87.6 Å². The first-order chi connectivity index (χ1) is 25.5. The zero-order valence-corrected chi connectivity index (χ0v) is 29.1. The van der Waals surface area contributed by atoms with Crippen LogP contribution >= 0.6 is 0 Å². The van der Waals surface area contributed by atoms with Crippen LogP contribution in [0, 0.1) is 5.41 Å². The van der Waals surface area contributed by atoms with E-state index < -0.39 is 0 Å². The zero-order valence-electron chi connectivity index (χ0n) is 29.1. The molecule has 3 N–H and O–H groups in total. The summed E-state index contributed by atoms with van der Waals surface area (Å²) in [6.45, 7) is 5.25. The monoisotopic (exact) mass is 666 g/mol. The van der Waals surface area contributed by atoms with Crippen molar-refractivity contribution in [3.8, 4) is 44.5 Å². The first-order valence-electron chi connectivity index (χ1n) is 17.6. The van der Waals surface area contributed by atoms with E-state index >= 15 is 0 Å². The number of hydrogen-bond acceptors (Lipinski definition) is 1. The normalized spacial score (nSPS) is 11.0. The molecule has 9 aromatic carbocycles. The number of rotatable bonds is 5. The molecule has 0 saturated carbocycles. The summed E-state index contributed by atoms with van der Waals surface area (Å²) in [4.78, 5) is 0. The Kier molecular flexibility index (Phi) is 8.64. The summed E-state index contributed by atoms with van der Waals surface area (Å²) in [5.74, 6) is 0.0638. The lowest BCUT2D eigenvalue weighted by atomic mass is 9.84. The molecule has 9 rings (SSSR count). The van der Waals surface area contributed by atoms with Gasteiger partial charge in [-0.3, -0.25) is 5.41 Å². The lowest BCUT2D eigenvalue weighted by Crippen LogP contribution is -2.10. The summed E-state index contributed by atoms with van der Waals surface area (Å²) >= 11 is 0. The molecular formula is C50H38N2. The van der Waals surface area contributed by atoms with Crippen molar-refractivity contribution >= 4 is 48.9 Å². The Morgan fingerprint density at radius 2 is 0.788 bits per heavy atom. The van der Waals surface area contributed by atoms with Crippen molar-refractivity contribution in [1.82, 2.24) is 0 Å². The molecule has 248 valence electrons. The minimum Gasteiger partial charge on any atom is -0.384 e. The van der Waals surface area contributed by atoms with E-state index in [-0.39, 0.29) is 5.84 Å². The van der Waals surface area contributed by atoms with Crippen molar-refractivity contribution < 1.29 is 0 Å². The van der Waals surface area contributed by atoms with Crippen LogP contribution in [0.2, 0.25) is 0 Å². The Bertz CT molecular complexity index is 2770. The fourth-order valence-corrected chi connectivity index (χ4v) is 7.36. The number of fused-ring (bicyclic) bond motifs is 4. The molecule has 0 aliphatic heterocycles. The quantitative estimate of drug-likeness (QED) is 0.0817. The van der Waals surface area contributed by atoms with Crippen molar-refractivity contribution in [2.24, 2.45) is 5.73 Å².